The van der Waals surface area contributed by atoms with Gasteiger partial charge in [0.2, 0.25) is 0 Å². The molecule has 174 valence electrons. The fourth-order valence-electron chi connectivity index (χ4n) is 8.74. The monoisotopic (exact) mass is 523 g/mol. The van der Waals surface area contributed by atoms with Crippen LogP contribution in [0.1, 0.15) is 81.8 Å². The maximum absolute atomic E-state index is 3.77. The average Bonchev–Trinajstić information content (AvgIpc) is 3.24. The van der Waals surface area contributed by atoms with Gasteiger partial charge in [-0.2, -0.15) is 0 Å². The Kier molecular flexibility index (Phi) is 6.17. The van der Waals surface area contributed by atoms with E-state index >= 15 is 0 Å². The maximum Gasteiger partial charge on any atom is 0 e. The minimum atomic E-state index is 0. The third-order valence-corrected chi connectivity index (χ3v) is 9.93. The van der Waals surface area contributed by atoms with E-state index in [-0.39, 0.29) is 26.2 Å². The Hall–Kier alpha value is -1.20. The number of aryl methyl sites for hydroxylation is 1. The summed E-state index contributed by atoms with van der Waals surface area (Å²) in [5, 5.41) is 2.71. The van der Waals surface area contributed by atoms with E-state index in [1.165, 1.54) is 103 Å². The minimum Gasteiger partial charge on any atom is -0.145 e. The van der Waals surface area contributed by atoms with Crippen LogP contribution in [0.15, 0.2) is 48.0 Å². The molecule has 6 aliphatic carbocycles. The van der Waals surface area contributed by atoms with Gasteiger partial charge in [-0.05, 0) is 78.7 Å². The van der Waals surface area contributed by atoms with Gasteiger partial charge in [0, 0.05) is 26.2 Å². The topological polar surface area (TPSA) is 0 Å². The summed E-state index contributed by atoms with van der Waals surface area (Å²) in [6, 6.07) is 14.5. The van der Waals surface area contributed by atoms with Gasteiger partial charge in [0.25, 0.3) is 0 Å². The molecule has 0 aliphatic heterocycles. The Balaban J connectivity index is 0.00000217. The third kappa shape index (κ3) is 3.99. The molecule has 4 bridgehead atoms. The molecule has 5 saturated carbocycles. The molecule has 0 nitrogen and oxygen atoms in total. The fraction of sp³-hybridized carbons (Fsp3) is 0.515. The summed E-state index contributed by atoms with van der Waals surface area (Å²) in [5.41, 5.74) is 7.55. The number of rotatable bonds is 3. The van der Waals surface area contributed by atoms with Crippen molar-refractivity contribution < 1.29 is 26.2 Å². The second-order valence-electron chi connectivity index (χ2n) is 12.3. The first-order valence-corrected chi connectivity index (χ1v) is 13.7. The number of fused-ring (bicyclic) bond motifs is 1. The molecule has 0 amide bonds. The van der Waals surface area contributed by atoms with Gasteiger partial charge in [-0.15, -0.1) is 39.8 Å². The minimum absolute atomic E-state index is 0. The standard InChI is InChI=1S/C33H37.Zr/c1-22-7-12-30(32-18-24(17-31(22)32)13-23-5-3-2-4-6-23)28-8-10-29(11-9-28)33-19-25-14-26(20-33)16-27(15-25)21-33;/h7-13,18,23,25-27H,2-6,14-16,19-21H2,1H3;/q-1;. The molecule has 0 radical (unpaired) electrons. The van der Waals surface area contributed by atoms with Crippen LogP contribution in [0, 0.1) is 30.6 Å². The van der Waals surface area contributed by atoms with Gasteiger partial charge in [-0.1, -0.05) is 81.0 Å². The van der Waals surface area contributed by atoms with Crippen LogP contribution in [-0.2, 0) is 31.6 Å². The van der Waals surface area contributed by atoms with Gasteiger partial charge < -0.3 is 0 Å². The van der Waals surface area contributed by atoms with Gasteiger partial charge in [0.1, 0.15) is 0 Å². The summed E-state index contributed by atoms with van der Waals surface area (Å²) >= 11 is 0. The van der Waals surface area contributed by atoms with E-state index in [1.807, 2.05) is 0 Å². The first-order valence-electron chi connectivity index (χ1n) is 13.7. The second-order valence-corrected chi connectivity index (χ2v) is 12.3. The molecule has 0 heterocycles. The van der Waals surface area contributed by atoms with Crippen LogP contribution in [0.3, 0.4) is 0 Å². The molecule has 2 aromatic rings. The molecule has 0 saturated heterocycles. The molecule has 0 N–H and O–H groups in total. The van der Waals surface area contributed by atoms with Crippen LogP contribution < -0.4 is 10.4 Å². The van der Waals surface area contributed by atoms with Crippen molar-refractivity contribution >= 4 is 12.2 Å². The Labute approximate surface area is 224 Å². The van der Waals surface area contributed by atoms with Crippen molar-refractivity contribution in [2.24, 2.45) is 23.7 Å². The molecule has 8 rings (SSSR count). The zero-order valence-corrected chi connectivity index (χ0v) is 23.2. The molecular weight excluding hydrogens is 488 g/mol. The van der Waals surface area contributed by atoms with E-state index in [1.54, 1.807) is 5.56 Å². The van der Waals surface area contributed by atoms with Crippen molar-refractivity contribution in [2.75, 3.05) is 0 Å². The van der Waals surface area contributed by atoms with Crippen molar-refractivity contribution in [3.05, 3.63) is 69.6 Å². The Morgan fingerprint density at radius 1 is 0.824 bits per heavy atom. The zero-order chi connectivity index (χ0) is 22.0. The second kappa shape index (κ2) is 9.03. The molecule has 5 fully saturated rings. The average molecular weight is 525 g/mol. The SMILES string of the molecule is Cc1ccc(-c2ccc(C34CC5CC(CC(C5)C3)C4)cc2)c2c1=[C-]C(=CC1CCCCC1)C=2.[Zr]. The van der Waals surface area contributed by atoms with Gasteiger partial charge in [0.15, 0.2) is 0 Å². The molecule has 6 aliphatic rings. The molecule has 34 heavy (non-hydrogen) atoms. The predicted octanol–water partition coefficient (Wildman–Crippen LogP) is 7.09. The van der Waals surface area contributed by atoms with Crippen molar-refractivity contribution in [1.82, 2.24) is 0 Å². The molecule has 2 aromatic carbocycles. The van der Waals surface area contributed by atoms with Crippen molar-refractivity contribution in [3.8, 4) is 11.1 Å². The summed E-state index contributed by atoms with van der Waals surface area (Å²) < 4.78 is 0. The van der Waals surface area contributed by atoms with Gasteiger partial charge in [-0.3, -0.25) is 0 Å². The number of allylic oxidation sites excluding steroid dienone is 2. The Bertz CT molecular complexity index is 1190. The Morgan fingerprint density at radius 2 is 1.47 bits per heavy atom. The van der Waals surface area contributed by atoms with E-state index in [2.05, 4.69) is 61.5 Å². The van der Waals surface area contributed by atoms with E-state index in [0.717, 1.165) is 23.7 Å². The summed E-state index contributed by atoms with van der Waals surface area (Å²) in [7, 11) is 0. The summed E-state index contributed by atoms with van der Waals surface area (Å²) in [6.45, 7) is 2.24. The fourth-order valence-corrected chi connectivity index (χ4v) is 8.74. The van der Waals surface area contributed by atoms with Crippen molar-refractivity contribution in [2.45, 2.75) is 83.0 Å². The molecule has 1 heteroatoms. The smallest absolute Gasteiger partial charge is 0 e. The van der Waals surface area contributed by atoms with E-state index in [0.29, 0.717) is 5.41 Å². The summed E-state index contributed by atoms with van der Waals surface area (Å²) in [4.78, 5) is 0. The first kappa shape index (κ1) is 23.2. The zero-order valence-electron chi connectivity index (χ0n) is 20.7. The van der Waals surface area contributed by atoms with Gasteiger partial charge in [-0.25, -0.2) is 0 Å². The third-order valence-electron chi connectivity index (χ3n) is 9.93. The molecule has 0 unspecified atom stereocenters. The van der Waals surface area contributed by atoms with Crippen LogP contribution in [0.25, 0.3) is 23.3 Å². The molecule has 0 spiro atoms. The molecular formula is C33H37Zr-. The van der Waals surface area contributed by atoms with Crippen LogP contribution in [0.5, 0.6) is 0 Å². The predicted molar refractivity (Wildman–Crippen MR) is 138 cm³/mol. The largest absolute Gasteiger partial charge is 0.145 e. The van der Waals surface area contributed by atoms with E-state index in [9.17, 15) is 0 Å². The number of hydrogen-bond acceptors (Lipinski definition) is 0. The van der Waals surface area contributed by atoms with E-state index in [4.69, 9.17) is 0 Å². The van der Waals surface area contributed by atoms with E-state index < -0.39 is 0 Å². The van der Waals surface area contributed by atoms with Gasteiger partial charge >= 0.3 is 0 Å². The van der Waals surface area contributed by atoms with Crippen LogP contribution in [-0.4, -0.2) is 0 Å². The van der Waals surface area contributed by atoms with Crippen LogP contribution in [0.4, 0.5) is 0 Å². The number of benzene rings is 2. The van der Waals surface area contributed by atoms with Crippen molar-refractivity contribution in [3.63, 3.8) is 0 Å². The van der Waals surface area contributed by atoms with Crippen LogP contribution in [0.2, 0.25) is 0 Å². The number of hydrogen-bond donors (Lipinski definition) is 0. The quantitative estimate of drug-likeness (QED) is 0.376. The molecule has 0 atom stereocenters. The first-order chi connectivity index (χ1) is 16.1. The summed E-state index contributed by atoms with van der Waals surface area (Å²) in [6.07, 6.45) is 24.5. The van der Waals surface area contributed by atoms with Crippen molar-refractivity contribution in [1.29, 1.82) is 0 Å². The molecule has 0 aromatic heterocycles. The van der Waals surface area contributed by atoms with Gasteiger partial charge in [0.05, 0.1) is 0 Å². The van der Waals surface area contributed by atoms with Crippen LogP contribution >= 0.6 is 0 Å². The summed E-state index contributed by atoms with van der Waals surface area (Å²) in [5.74, 6) is 3.76. The maximum atomic E-state index is 3.77. The normalized spacial score (nSPS) is 32.7. The Morgan fingerprint density at radius 3 is 2.12 bits per heavy atom.